The molecular formula is C20H48Be8I2N16O+4. The monoisotopic (exact) mass is 854 g/mol. The van der Waals surface area contributed by atoms with Gasteiger partial charge in [-0.2, -0.15) is 0 Å². The minimum absolute atomic E-state index is 0. The number of aromatic nitrogens is 4. The van der Waals surface area contributed by atoms with Crippen molar-refractivity contribution in [1.82, 2.24) is 0 Å². The summed E-state index contributed by atoms with van der Waals surface area (Å²) >= 11 is 0. The van der Waals surface area contributed by atoms with Crippen molar-refractivity contribution in [1.29, 1.82) is 0 Å². The molecule has 0 radical (unpaired) electrons. The molecule has 0 saturated heterocycles. The molecule has 0 aliphatic rings. The topological polar surface area (TPSA) is 487 Å². The number of hydrogen-bond acceptors (Lipinski definition) is 0. The molecule has 0 spiro atoms. The first-order chi connectivity index (χ1) is 12.0. The van der Waals surface area contributed by atoms with Crippen molar-refractivity contribution in [2.24, 2.45) is 0 Å². The van der Waals surface area contributed by atoms with E-state index < -0.39 is 0 Å². The molecule has 4 heterocycles. The Kier molecular flexibility index (Phi) is 620. The number of nitrogens with two attached hydrogens (primary N) is 12. The molecule has 47 heavy (non-hydrogen) atoms. The molecule has 0 aliphatic heterocycles. The van der Waals surface area contributed by atoms with Crippen LogP contribution in [-0.4, -0.2) is 81.0 Å². The van der Waals surface area contributed by atoms with Crippen LogP contribution in [0.2, 0.25) is 0 Å². The van der Waals surface area contributed by atoms with Crippen LogP contribution in [-0.2, 0) is 5.48 Å². The summed E-state index contributed by atoms with van der Waals surface area (Å²) < 4.78 is 0. The maximum absolute atomic E-state index is 2.89. The molecule has 0 amide bonds. The SMILES string of the molecule is [Be+2].[Be+2].[Be+2].[Be+2].[Be+2].[Be+2].[Be+2].[Be+2].[I-].[I-].[NH2-].[NH2-].[NH2-].[NH2-].[NH2-].[NH2-].[NH2-].[NH2-].[NH2-].[NH2-].[NH2-].[NH2-].[O-2].c1cc[nH+]cc1.c1cc[nH+]cc1.c1cc[nH+]cc1.c1cc[nH+]cc1. The van der Waals surface area contributed by atoms with Crippen molar-refractivity contribution in [3.63, 3.8) is 0 Å². The van der Waals surface area contributed by atoms with Crippen LogP contribution in [0.25, 0.3) is 73.8 Å². The summed E-state index contributed by atoms with van der Waals surface area (Å²) in [6, 6.07) is 23.4. The fourth-order valence-corrected chi connectivity index (χ4v) is 1.37. The second-order valence-electron chi connectivity index (χ2n) is 4.31. The smallest absolute Gasteiger partial charge is 2.00 e. The third-order valence-electron chi connectivity index (χ3n) is 2.43. The zero-order valence-electron chi connectivity index (χ0n) is 27.3. The van der Waals surface area contributed by atoms with Gasteiger partial charge >= 0.3 is 81.0 Å². The Hall–Kier alpha value is -1.11. The normalized spacial score (nSPS) is 4.09. The molecule has 4 rings (SSSR count). The molecule has 0 atom stereocenters. The third kappa shape index (κ3) is 158. The second kappa shape index (κ2) is 165. The standard InChI is InChI=1S/4C5H5N.8Be.2HI.12H2N.O/c4*1-2-4-6-5-3-1;;;;;;;;;;;;;;;;;;;;;;;/h4*1-5H;;;;;;;;;2*1H;12*1H2;/q;;;;8*+2;;;12*-1;-2/p+2. The number of nitrogens with one attached hydrogen (secondary N) is 4. The van der Waals surface area contributed by atoms with Gasteiger partial charge in [-0.3, -0.25) is 0 Å². The number of halogens is 2. The van der Waals surface area contributed by atoms with Gasteiger partial charge in [0.05, 0.1) is 0 Å². The maximum Gasteiger partial charge on any atom is 2.00 e. The average molecular weight is 855 g/mol. The Morgan fingerprint density at radius 2 is 0.277 bits per heavy atom. The quantitative estimate of drug-likeness (QED) is 0.179. The van der Waals surface area contributed by atoms with E-state index in [2.05, 4.69) is 19.9 Å². The van der Waals surface area contributed by atoms with Gasteiger partial charge in [0, 0.05) is 48.5 Å². The molecular weight excluding hydrogens is 806 g/mol. The second-order valence-corrected chi connectivity index (χ2v) is 4.31. The Labute approximate surface area is 348 Å². The van der Waals surface area contributed by atoms with Gasteiger partial charge in [-0.05, 0) is 0 Å². The minimum Gasteiger partial charge on any atom is -2.00 e. The summed E-state index contributed by atoms with van der Waals surface area (Å²) in [4.78, 5) is 11.6. The molecule has 0 saturated carbocycles. The minimum atomic E-state index is 0. The fourth-order valence-electron chi connectivity index (χ4n) is 1.37. The Morgan fingerprint density at radius 3 is 0.298 bits per heavy atom. The van der Waals surface area contributed by atoms with Crippen LogP contribution in [0.15, 0.2) is 122 Å². The van der Waals surface area contributed by atoms with Gasteiger partial charge in [0.25, 0.3) is 0 Å². The summed E-state index contributed by atoms with van der Waals surface area (Å²) in [7, 11) is 0. The molecule has 240 valence electrons. The number of H-pyrrole nitrogens is 4. The van der Waals surface area contributed by atoms with Crippen molar-refractivity contribution in [2.75, 3.05) is 0 Å². The van der Waals surface area contributed by atoms with E-state index >= 15 is 0 Å². The molecule has 17 nitrogen and oxygen atoms in total. The number of hydrogen-bond donors (Lipinski definition) is 0. The number of aromatic amines is 4. The van der Waals surface area contributed by atoms with E-state index in [1.165, 1.54) is 0 Å². The van der Waals surface area contributed by atoms with Crippen LogP contribution in [0.4, 0.5) is 0 Å². The molecule has 27 heteroatoms. The van der Waals surface area contributed by atoms with Crippen LogP contribution < -0.4 is 67.9 Å². The first-order valence-electron chi connectivity index (χ1n) is 7.64. The largest absolute Gasteiger partial charge is 2.00 e. The van der Waals surface area contributed by atoms with E-state index in [-0.39, 0.29) is 208 Å². The molecule has 0 aliphatic carbocycles. The van der Waals surface area contributed by atoms with Crippen molar-refractivity contribution >= 4 is 81.0 Å². The summed E-state index contributed by atoms with van der Waals surface area (Å²) in [6.45, 7) is 0. The van der Waals surface area contributed by atoms with Gasteiger partial charge in [-0.15, -0.1) is 0 Å². The molecule has 28 N–H and O–H groups in total. The Balaban J connectivity index is -0.00000000669. The Morgan fingerprint density at radius 1 is 0.191 bits per heavy atom. The van der Waals surface area contributed by atoms with Gasteiger partial charge < -0.3 is 127 Å². The van der Waals surface area contributed by atoms with Gasteiger partial charge in [0.15, 0.2) is 49.6 Å². The van der Waals surface area contributed by atoms with Crippen molar-refractivity contribution in [3.8, 4) is 0 Å². The van der Waals surface area contributed by atoms with Crippen molar-refractivity contribution < 1.29 is 73.4 Å². The van der Waals surface area contributed by atoms with E-state index in [4.69, 9.17) is 0 Å². The maximum atomic E-state index is 2.89. The Bertz CT molecular complexity index is 498. The predicted octanol–water partition coefficient (Wildman–Crippen LogP) is 1.45. The average Bonchev–Trinajstić information content (AvgIpc) is 2.75. The van der Waals surface area contributed by atoms with Gasteiger partial charge in [-0.1, -0.05) is 24.3 Å². The fraction of sp³-hybridized carbons (Fsp3) is 0. The summed E-state index contributed by atoms with van der Waals surface area (Å²) in [5.74, 6) is 0. The van der Waals surface area contributed by atoms with Crippen LogP contribution in [0.1, 0.15) is 0 Å². The van der Waals surface area contributed by atoms with Crippen LogP contribution in [0.5, 0.6) is 0 Å². The molecule has 0 bridgehead atoms. The van der Waals surface area contributed by atoms with Gasteiger partial charge in [0.2, 0.25) is 0 Å². The first kappa shape index (κ1) is 176. The molecule has 4 aromatic rings. The molecule has 0 fully saturated rings. The zero-order chi connectivity index (χ0) is 17.0. The van der Waals surface area contributed by atoms with Gasteiger partial charge in [0.1, 0.15) is 0 Å². The van der Waals surface area contributed by atoms with E-state index in [1.54, 1.807) is 0 Å². The number of rotatable bonds is 0. The summed E-state index contributed by atoms with van der Waals surface area (Å²) in [5.41, 5.74) is 0. The van der Waals surface area contributed by atoms with Gasteiger partial charge in [-0.25, -0.2) is 19.9 Å². The van der Waals surface area contributed by atoms with Crippen LogP contribution >= 0.6 is 0 Å². The zero-order valence-corrected chi connectivity index (χ0v) is 31.6. The summed E-state index contributed by atoms with van der Waals surface area (Å²) in [6.07, 6.45) is 15.0. The molecule has 4 aromatic heterocycles. The van der Waals surface area contributed by atoms with Crippen LogP contribution in [0, 0.1) is 0 Å². The van der Waals surface area contributed by atoms with Crippen molar-refractivity contribution in [2.45, 2.75) is 0 Å². The van der Waals surface area contributed by atoms with Crippen LogP contribution in [0.3, 0.4) is 0 Å². The van der Waals surface area contributed by atoms with E-state index in [0.29, 0.717) is 0 Å². The molecule has 0 aromatic carbocycles. The van der Waals surface area contributed by atoms with E-state index in [9.17, 15) is 0 Å². The van der Waals surface area contributed by atoms with Crippen molar-refractivity contribution in [3.05, 3.63) is 196 Å². The van der Waals surface area contributed by atoms with E-state index in [1.807, 2.05) is 122 Å². The molecule has 0 unspecified atom stereocenters. The summed E-state index contributed by atoms with van der Waals surface area (Å²) in [5, 5.41) is 0. The predicted molar refractivity (Wildman–Crippen MR) is 202 cm³/mol. The van der Waals surface area contributed by atoms with E-state index in [0.717, 1.165) is 0 Å². The number of pyridine rings is 4. The first-order valence-corrected chi connectivity index (χ1v) is 7.64. The third-order valence-corrected chi connectivity index (χ3v) is 2.43.